The molecule has 0 saturated carbocycles. The van der Waals surface area contributed by atoms with Crippen molar-refractivity contribution < 1.29 is 8.81 Å². The zero-order valence-electron chi connectivity index (χ0n) is 9.97. The summed E-state index contributed by atoms with van der Waals surface area (Å²) in [5, 5.41) is 0.239. The molecule has 0 spiro atoms. The fraction of sp³-hybridized carbons (Fsp3) is 0. The lowest BCUT2D eigenvalue weighted by Crippen LogP contribution is -2.30. The Bertz CT molecular complexity index is 930. The van der Waals surface area contributed by atoms with Gasteiger partial charge in [-0.25, -0.2) is 13.8 Å². The molecule has 0 aliphatic carbocycles. The molecule has 0 N–H and O–H groups in total. The highest BCUT2D eigenvalue weighted by Gasteiger charge is 2.12. The van der Waals surface area contributed by atoms with Crippen LogP contribution in [-0.2, 0) is 0 Å². The molecule has 6 heteroatoms. The Balaban J connectivity index is 2.42. The summed E-state index contributed by atoms with van der Waals surface area (Å²) in [6, 6.07) is 9.95. The van der Waals surface area contributed by atoms with E-state index in [0.717, 1.165) is 10.6 Å². The lowest BCUT2D eigenvalue weighted by molar-refractivity contribution is 0.503. The molecule has 0 amide bonds. The van der Waals surface area contributed by atoms with Gasteiger partial charge < -0.3 is 4.42 Å². The Labute approximate surface area is 120 Å². The summed E-state index contributed by atoms with van der Waals surface area (Å²) in [7, 11) is 0. The molecule has 1 heterocycles. The van der Waals surface area contributed by atoms with Gasteiger partial charge in [-0.15, -0.1) is 0 Å². The quantitative estimate of drug-likeness (QED) is 0.687. The molecule has 4 nitrogen and oxygen atoms in total. The standard InChI is InChI=1S/C14H7BrFNO3/c15-8-4-5-12-11(6-8)13(18)17(14(19)20-12)10-3-1-2-9(16)7-10/h1-7H. The van der Waals surface area contributed by atoms with Gasteiger partial charge in [-0.05, 0) is 36.4 Å². The van der Waals surface area contributed by atoms with E-state index in [-0.39, 0.29) is 16.7 Å². The van der Waals surface area contributed by atoms with Gasteiger partial charge in [0.15, 0.2) is 0 Å². The van der Waals surface area contributed by atoms with Crippen LogP contribution in [0.5, 0.6) is 0 Å². The lowest BCUT2D eigenvalue weighted by Gasteiger charge is -2.05. The fourth-order valence-electron chi connectivity index (χ4n) is 1.94. The maximum atomic E-state index is 13.2. The SMILES string of the molecule is O=c1oc2ccc(Br)cc2c(=O)n1-c1cccc(F)c1. The normalized spacial score (nSPS) is 10.9. The van der Waals surface area contributed by atoms with Crippen molar-refractivity contribution in [1.82, 2.24) is 4.57 Å². The number of benzene rings is 2. The molecule has 0 atom stereocenters. The van der Waals surface area contributed by atoms with Gasteiger partial charge in [-0.3, -0.25) is 4.79 Å². The Kier molecular flexibility index (Phi) is 3.02. The molecule has 0 aliphatic rings. The van der Waals surface area contributed by atoms with Crippen LogP contribution in [0.1, 0.15) is 0 Å². The molecule has 1 aromatic heterocycles. The molecular weight excluding hydrogens is 329 g/mol. The Morgan fingerprint density at radius 2 is 1.90 bits per heavy atom. The summed E-state index contributed by atoms with van der Waals surface area (Å²) < 4.78 is 19.8. The number of rotatable bonds is 1. The lowest BCUT2D eigenvalue weighted by atomic mass is 10.2. The van der Waals surface area contributed by atoms with Crippen molar-refractivity contribution in [3.8, 4) is 5.69 Å². The van der Waals surface area contributed by atoms with E-state index in [9.17, 15) is 14.0 Å². The van der Waals surface area contributed by atoms with Crippen LogP contribution in [0, 0.1) is 5.82 Å². The van der Waals surface area contributed by atoms with Crippen LogP contribution in [0.4, 0.5) is 4.39 Å². The van der Waals surface area contributed by atoms with Crippen molar-refractivity contribution >= 4 is 26.9 Å². The summed E-state index contributed by atoms with van der Waals surface area (Å²) in [5.41, 5.74) is -0.232. The molecule has 0 radical (unpaired) electrons. The monoisotopic (exact) mass is 335 g/mol. The van der Waals surface area contributed by atoms with E-state index in [1.165, 1.54) is 24.3 Å². The van der Waals surface area contributed by atoms with Gasteiger partial charge in [-0.1, -0.05) is 22.0 Å². The van der Waals surface area contributed by atoms with Crippen LogP contribution in [0.2, 0.25) is 0 Å². The molecule has 0 bridgehead atoms. The van der Waals surface area contributed by atoms with Gasteiger partial charge in [-0.2, -0.15) is 0 Å². The molecule has 2 aromatic carbocycles. The number of hydrogen-bond acceptors (Lipinski definition) is 3. The highest BCUT2D eigenvalue weighted by Crippen LogP contribution is 2.16. The van der Waals surface area contributed by atoms with E-state index in [4.69, 9.17) is 4.42 Å². The van der Waals surface area contributed by atoms with Gasteiger partial charge in [0, 0.05) is 4.47 Å². The van der Waals surface area contributed by atoms with Crippen LogP contribution in [0.25, 0.3) is 16.7 Å². The van der Waals surface area contributed by atoms with Crippen LogP contribution in [0.15, 0.2) is 60.9 Å². The third-order valence-corrected chi connectivity index (χ3v) is 3.31. The first-order valence-electron chi connectivity index (χ1n) is 5.67. The van der Waals surface area contributed by atoms with Crippen LogP contribution in [-0.4, -0.2) is 4.57 Å². The average molecular weight is 336 g/mol. The summed E-state index contributed by atoms with van der Waals surface area (Å²) in [5.74, 6) is -1.39. The highest BCUT2D eigenvalue weighted by molar-refractivity contribution is 9.10. The molecular formula is C14H7BrFNO3. The van der Waals surface area contributed by atoms with Crippen LogP contribution < -0.4 is 11.3 Å². The Morgan fingerprint density at radius 3 is 2.65 bits per heavy atom. The minimum atomic E-state index is -0.851. The molecule has 3 aromatic rings. The van der Waals surface area contributed by atoms with Crippen molar-refractivity contribution in [3.05, 3.63) is 73.7 Å². The first kappa shape index (κ1) is 12.8. The van der Waals surface area contributed by atoms with Crippen molar-refractivity contribution in [3.63, 3.8) is 0 Å². The molecule has 0 unspecified atom stereocenters. The number of nitrogens with zero attached hydrogens (tertiary/aromatic N) is 1. The summed E-state index contributed by atoms with van der Waals surface area (Å²) in [6.45, 7) is 0. The second-order valence-electron chi connectivity index (χ2n) is 4.13. The van der Waals surface area contributed by atoms with E-state index in [1.54, 1.807) is 12.1 Å². The Morgan fingerprint density at radius 1 is 1.10 bits per heavy atom. The maximum absolute atomic E-state index is 13.2. The zero-order valence-corrected chi connectivity index (χ0v) is 11.6. The third-order valence-electron chi connectivity index (χ3n) is 2.82. The largest absolute Gasteiger partial charge is 0.426 e. The fourth-order valence-corrected chi connectivity index (χ4v) is 2.30. The first-order valence-corrected chi connectivity index (χ1v) is 6.47. The second kappa shape index (κ2) is 4.72. The second-order valence-corrected chi connectivity index (χ2v) is 5.04. The number of aromatic nitrogens is 1. The number of fused-ring (bicyclic) bond motifs is 1. The van der Waals surface area contributed by atoms with Crippen molar-refractivity contribution in [2.45, 2.75) is 0 Å². The van der Waals surface area contributed by atoms with E-state index >= 15 is 0 Å². The predicted molar refractivity (Wildman–Crippen MR) is 75.7 cm³/mol. The molecule has 20 heavy (non-hydrogen) atoms. The molecule has 0 fully saturated rings. The smallest absolute Gasteiger partial charge is 0.409 e. The van der Waals surface area contributed by atoms with Crippen molar-refractivity contribution in [2.75, 3.05) is 0 Å². The van der Waals surface area contributed by atoms with Gasteiger partial charge in [0.1, 0.15) is 11.4 Å². The number of hydrogen-bond donors (Lipinski definition) is 0. The predicted octanol–water partition coefficient (Wildman–Crippen LogP) is 2.85. The van der Waals surface area contributed by atoms with Gasteiger partial charge in [0.25, 0.3) is 5.56 Å². The van der Waals surface area contributed by atoms with E-state index in [2.05, 4.69) is 15.9 Å². The minimum Gasteiger partial charge on any atom is -0.409 e. The first-order chi connectivity index (χ1) is 9.56. The Hall–Kier alpha value is -2.21. The van der Waals surface area contributed by atoms with E-state index < -0.39 is 17.1 Å². The van der Waals surface area contributed by atoms with Crippen LogP contribution >= 0.6 is 15.9 Å². The van der Waals surface area contributed by atoms with Crippen LogP contribution in [0.3, 0.4) is 0 Å². The topological polar surface area (TPSA) is 52.2 Å². The highest BCUT2D eigenvalue weighted by atomic mass is 79.9. The van der Waals surface area contributed by atoms with E-state index in [0.29, 0.717) is 4.47 Å². The summed E-state index contributed by atoms with van der Waals surface area (Å²) in [6.07, 6.45) is 0. The molecule has 3 rings (SSSR count). The average Bonchev–Trinajstić information content (AvgIpc) is 2.40. The summed E-state index contributed by atoms with van der Waals surface area (Å²) in [4.78, 5) is 24.3. The van der Waals surface area contributed by atoms with Gasteiger partial charge >= 0.3 is 5.76 Å². The molecule has 100 valence electrons. The summed E-state index contributed by atoms with van der Waals surface area (Å²) >= 11 is 3.25. The molecule has 0 aliphatic heterocycles. The zero-order chi connectivity index (χ0) is 14.3. The third kappa shape index (κ3) is 2.08. The maximum Gasteiger partial charge on any atom is 0.426 e. The van der Waals surface area contributed by atoms with Gasteiger partial charge in [0.05, 0.1) is 11.1 Å². The number of halogens is 2. The van der Waals surface area contributed by atoms with Crippen molar-refractivity contribution in [1.29, 1.82) is 0 Å². The minimum absolute atomic E-state index is 0.130. The van der Waals surface area contributed by atoms with Crippen molar-refractivity contribution in [2.24, 2.45) is 0 Å². The van der Waals surface area contributed by atoms with Gasteiger partial charge in [0.2, 0.25) is 0 Å². The van der Waals surface area contributed by atoms with E-state index in [1.807, 2.05) is 0 Å². The molecule has 0 saturated heterocycles.